The fraction of sp³-hybridized carbons (Fsp3) is 0.250. The van der Waals surface area contributed by atoms with Crippen molar-refractivity contribution in [3.05, 3.63) is 89.4 Å². The van der Waals surface area contributed by atoms with Crippen LogP contribution < -0.4 is 5.32 Å². The highest BCUT2D eigenvalue weighted by molar-refractivity contribution is 5.85. The summed E-state index contributed by atoms with van der Waals surface area (Å²) in [5.74, 6) is -0.382. The summed E-state index contributed by atoms with van der Waals surface area (Å²) < 4.78 is 36.1. The first-order valence-corrected chi connectivity index (χ1v) is 12.6. The Labute approximate surface area is 224 Å². The first kappa shape index (κ1) is 26.1. The Morgan fingerprint density at radius 2 is 1.95 bits per heavy atom. The second-order valence-corrected chi connectivity index (χ2v) is 9.01. The topological polar surface area (TPSA) is 97.8 Å². The van der Waals surface area contributed by atoms with Crippen LogP contribution in [-0.2, 0) is 13.1 Å². The molecule has 3 heterocycles. The number of nitrogens with one attached hydrogen (secondary N) is 1. The largest absolute Gasteiger partial charge is 0.417 e. The number of hydrogen-bond acceptors (Lipinski definition) is 8. The summed E-state index contributed by atoms with van der Waals surface area (Å²) >= 11 is 0. The van der Waals surface area contributed by atoms with Crippen molar-refractivity contribution < 1.29 is 13.2 Å². The van der Waals surface area contributed by atoms with E-state index in [1.165, 1.54) is 24.5 Å². The first-order valence-electron chi connectivity index (χ1n) is 12.6. The smallest absolute Gasteiger partial charge is 0.276 e. The molecule has 11 heteroatoms. The second kappa shape index (κ2) is 11.5. The van der Waals surface area contributed by atoms with Crippen molar-refractivity contribution in [1.82, 2.24) is 34.8 Å². The molecule has 0 saturated carbocycles. The quantitative estimate of drug-likeness (QED) is 0.244. The fourth-order valence-electron chi connectivity index (χ4n) is 4.23. The van der Waals surface area contributed by atoms with E-state index in [4.69, 9.17) is 4.42 Å². The number of hydrogen-bond donors (Lipinski definition) is 1. The van der Waals surface area contributed by atoms with E-state index in [0.29, 0.717) is 36.1 Å². The number of fused-ring (bicyclic) bond motifs is 1. The van der Waals surface area contributed by atoms with Crippen LogP contribution in [0.1, 0.15) is 42.4 Å². The third-order valence-electron chi connectivity index (χ3n) is 6.40. The number of halogens is 2. The molecule has 0 aliphatic heterocycles. The first-order chi connectivity index (χ1) is 18.9. The number of aryl methyl sites for hydroxylation is 1. The number of anilines is 2. The van der Waals surface area contributed by atoms with Crippen LogP contribution in [0.2, 0.25) is 0 Å². The Hall–Kier alpha value is -4.51. The van der Waals surface area contributed by atoms with E-state index in [9.17, 15) is 4.39 Å². The Balaban J connectivity index is 1.37. The summed E-state index contributed by atoms with van der Waals surface area (Å²) in [5.41, 5.74) is 3.49. The van der Waals surface area contributed by atoms with Crippen molar-refractivity contribution in [2.75, 3.05) is 18.4 Å². The van der Waals surface area contributed by atoms with Gasteiger partial charge in [0.15, 0.2) is 5.83 Å². The summed E-state index contributed by atoms with van der Waals surface area (Å²) in [7, 11) is 0. The van der Waals surface area contributed by atoms with Crippen LogP contribution in [0.5, 0.6) is 0 Å². The third kappa shape index (κ3) is 5.99. The lowest BCUT2D eigenvalue weighted by Gasteiger charge is -2.14. The molecule has 0 amide bonds. The maximum absolute atomic E-state index is 15.2. The van der Waals surface area contributed by atoms with Crippen molar-refractivity contribution in [2.45, 2.75) is 33.9 Å². The Morgan fingerprint density at radius 3 is 2.74 bits per heavy atom. The number of aromatic nitrogens is 6. The molecule has 39 heavy (non-hydrogen) atoms. The molecule has 3 aromatic heterocycles. The summed E-state index contributed by atoms with van der Waals surface area (Å²) in [6.45, 7) is 8.37. The highest BCUT2D eigenvalue weighted by atomic mass is 19.1. The standard InChI is InChI=1S/C28H28F2N8O/c1-4-37(5-2)16-26-35-36-28(39-26)24(30)13-23-18(3)31-17-32-27(23)34-22-9-10-25-20(12-22)14-33-38(25)15-19-7-6-8-21(29)11-19/h6-14,17H,4-5,15-16H2,1-3H3,(H,31,32,34)/b24-13-. The summed E-state index contributed by atoms with van der Waals surface area (Å²) in [5, 5.41) is 16.4. The van der Waals surface area contributed by atoms with Gasteiger partial charge in [-0.15, -0.1) is 10.2 Å². The van der Waals surface area contributed by atoms with E-state index in [1.54, 1.807) is 19.2 Å². The van der Waals surface area contributed by atoms with E-state index in [2.05, 4.69) is 35.5 Å². The van der Waals surface area contributed by atoms with Gasteiger partial charge < -0.3 is 9.73 Å². The Bertz CT molecular complexity index is 1620. The molecule has 2 aromatic carbocycles. The predicted molar refractivity (Wildman–Crippen MR) is 145 cm³/mol. The molecule has 5 aromatic rings. The molecular weight excluding hydrogens is 502 g/mol. The number of nitrogens with zero attached hydrogens (tertiary/aromatic N) is 7. The highest BCUT2D eigenvalue weighted by Crippen LogP contribution is 2.28. The van der Waals surface area contributed by atoms with Gasteiger partial charge in [-0.25, -0.2) is 18.7 Å². The molecule has 200 valence electrons. The van der Waals surface area contributed by atoms with Crippen LogP contribution in [0.4, 0.5) is 20.3 Å². The van der Waals surface area contributed by atoms with Gasteiger partial charge in [0.05, 0.1) is 30.5 Å². The van der Waals surface area contributed by atoms with E-state index in [-0.39, 0.29) is 11.7 Å². The zero-order chi connectivity index (χ0) is 27.4. The minimum atomic E-state index is -0.677. The van der Waals surface area contributed by atoms with Crippen LogP contribution in [0.25, 0.3) is 22.8 Å². The van der Waals surface area contributed by atoms with E-state index >= 15 is 4.39 Å². The van der Waals surface area contributed by atoms with Crippen molar-refractivity contribution in [3.63, 3.8) is 0 Å². The number of rotatable bonds is 10. The lowest BCUT2D eigenvalue weighted by atomic mass is 10.1. The van der Waals surface area contributed by atoms with Crippen molar-refractivity contribution >= 4 is 34.3 Å². The van der Waals surface area contributed by atoms with Crippen molar-refractivity contribution in [3.8, 4) is 0 Å². The predicted octanol–water partition coefficient (Wildman–Crippen LogP) is 5.76. The van der Waals surface area contributed by atoms with Crippen molar-refractivity contribution in [2.24, 2.45) is 0 Å². The van der Waals surface area contributed by atoms with Gasteiger partial charge in [0.1, 0.15) is 18.0 Å². The van der Waals surface area contributed by atoms with Gasteiger partial charge in [-0.05, 0) is 62.0 Å². The molecule has 0 radical (unpaired) electrons. The maximum Gasteiger partial charge on any atom is 0.276 e. The van der Waals surface area contributed by atoms with Gasteiger partial charge in [0.2, 0.25) is 5.89 Å². The van der Waals surface area contributed by atoms with Crippen LogP contribution in [0.15, 0.2) is 59.4 Å². The van der Waals surface area contributed by atoms with Gasteiger partial charge in [-0.3, -0.25) is 9.58 Å². The maximum atomic E-state index is 15.2. The van der Waals surface area contributed by atoms with Crippen LogP contribution in [0.3, 0.4) is 0 Å². The van der Waals surface area contributed by atoms with Gasteiger partial charge in [-0.1, -0.05) is 26.0 Å². The van der Waals surface area contributed by atoms with Crippen molar-refractivity contribution in [1.29, 1.82) is 0 Å². The second-order valence-electron chi connectivity index (χ2n) is 9.01. The average molecular weight is 531 g/mol. The monoisotopic (exact) mass is 530 g/mol. The van der Waals surface area contributed by atoms with E-state index in [0.717, 1.165) is 35.2 Å². The summed E-state index contributed by atoms with van der Waals surface area (Å²) in [6.07, 6.45) is 4.45. The van der Waals surface area contributed by atoms with Gasteiger partial charge in [-0.2, -0.15) is 5.10 Å². The average Bonchev–Trinajstić information content (AvgIpc) is 3.56. The molecule has 5 rings (SSSR count). The molecule has 0 atom stereocenters. The SMILES string of the molecule is CCN(CC)Cc1nnc(/C(F)=C/c2c(C)ncnc2Nc2ccc3c(cnn3Cc3cccc(F)c3)c2)o1. The molecule has 0 saturated heterocycles. The molecule has 1 N–H and O–H groups in total. The lowest BCUT2D eigenvalue weighted by molar-refractivity contribution is 0.261. The fourth-order valence-corrected chi connectivity index (χ4v) is 4.23. The number of benzene rings is 2. The Kier molecular flexibility index (Phi) is 7.69. The van der Waals surface area contributed by atoms with E-state index < -0.39 is 5.83 Å². The molecular formula is C28H28F2N8O. The van der Waals surface area contributed by atoms with E-state index in [1.807, 2.05) is 42.8 Å². The van der Waals surface area contributed by atoms with Gasteiger partial charge in [0, 0.05) is 16.6 Å². The lowest BCUT2D eigenvalue weighted by Crippen LogP contribution is -2.22. The van der Waals surface area contributed by atoms with Crippen LogP contribution in [-0.4, -0.2) is 47.9 Å². The molecule has 0 unspecified atom stereocenters. The summed E-state index contributed by atoms with van der Waals surface area (Å²) in [4.78, 5) is 10.6. The van der Waals surface area contributed by atoms with Gasteiger partial charge in [0.25, 0.3) is 5.89 Å². The molecule has 9 nitrogen and oxygen atoms in total. The minimum absolute atomic E-state index is 0.196. The third-order valence-corrected chi connectivity index (χ3v) is 6.40. The van der Waals surface area contributed by atoms with Crippen LogP contribution >= 0.6 is 0 Å². The Morgan fingerprint density at radius 1 is 1.10 bits per heavy atom. The highest BCUT2D eigenvalue weighted by Gasteiger charge is 2.16. The molecule has 0 aliphatic carbocycles. The molecule has 0 fully saturated rings. The van der Waals surface area contributed by atoms with Gasteiger partial charge >= 0.3 is 0 Å². The molecule has 0 aliphatic rings. The molecule has 0 spiro atoms. The zero-order valence-corrected chi connectivity index (χ0v) is 21.9. The normalized spacial score (nSPS) is 12.0. The molecule has 0 bridgehead atoms. The zero-order valence-electron chi connectivity index (χ0n) is 21.9. The minimum Gasteiger partial charge on any atom is -0.417 e. The van der Waals surface area contributed by atoms with Crippen LogP contribution in [0, 0.1) is 12.7 Å². The summed E-state index contributed by atoms with van der Waals surface area (Å²) in [6, 6.07) is 12.2.